The van der Waals surface area contributed by atoms with Gasteiger partial charge in [-0.1, -0.05) is 37.8 Å². The second kappa shape index (κ2) is 7.66. The molecule has 1 aliphatic rings. The van der Waals surface area contributed by atoms with E-state index in [4.69, 9.17) is 0 Å². The first-order valence-corrected chi connectivity index (χ1v) is 12.8. The molecular formula is C17H22N2O4S3. The van der Waals surface area contributed by atoms with Crippen LogP contribution in [0.3, 0.4) is 0 Å². The number of benzene rings is 1. The van der Waals surface area contributed by atoms with Gasteiger partial charge in [0.2, 0.25) is 10.0 Å². The van der Waals surface area contributed by atoms with Gasteiger partial charge in [-0.15, -0.1) is 11.3 Å². The van der Waals surface area contributed by atoms with Gasteiger partial charge in [-0.25, -0.2) is 21.8 Å². The first-order chi connectivity index (χ1) is 12.3. The molecule has 9 heteroatoms. The number of rotatable bonds is 7. The molecule has 1 aromatic carbocycles. The number of hydrogen-bond acceptors (Lipinski definition) is 6. The molecule has 0 spiro atoms. The third-order valence-electron chi connectivity index (χ3n) is 4.74. The Kier molecular flexibility index (Phi) is 5.69. The van der Waals surface area contributed by atoms with E-state index in [0.29, 0.717) is 23.0 Å². The normalized spacial score (nSPS) is 17.3. The summed E-state index contributed by atoms with van der Waals surface area (Å²) in [4.78, 5) is 4.19. The molecule has 2 aromatic rings. The smallest absolute Gasteiger partial charge is 0.241 e. The Morgan fingerprint density at radius 2 is 1.81 bits per heavy atom. The molecule has 0 saturated heterocycles. The van der Waals surface area contributed by atoms with E-state index in [-0.39, 0.29) is 4.90 Å². The van der Waals surface area contributed by atoms with E-state index in [0.717, 1.165) is 31.9 Å². The lowest BCUT2D eigenvalue weighted by Crippen LogP contribution is -2.23. The standard InChI is InChI=1S/C17H22N2O4S3/c1-25(20,21)15-8-6-14(7-9-15)16(12-13-4-2-3-5-13)26(22,23)19-17-18-10-11-24-17/h6-11,13,16H,2-5,12H2,1H3,(H,18,19). The molecule has 6 nitrogen and oxygen atoms in total. The Labute approximate surface area is 158 Å². The summed E-state index contributed by atoms with van der Waals surface area (Å²) in [7, 11) is -7.00. The van der Waals surface area contributed by atoms with E-state index < -0.39 is 25.1 Å². The quantitative estimate of drug-likeness (QED) is 0.747. The zero-order valence-electron chi connectivity index (χ0n) is 14.5. The molecule has 0 radical (unpaired) electrons. The van der Waals surface area contributed by atoms with Gasteiger partial charge < -0.3 is 0 Å². The van der Waals surface area contributed by atoms with Gasteiger partial charge >= 0.3 is 0 Å². The van der Waals surface area contributed by atoms with E-state index >= 15 is 0 Å². The minimum atomic E-state index is -3.69. The molecule has 1 aliphatic carbocycles. The monoisotopic (exact) mass is 414 g/mol. The molecule has 0 amide bonds. The molecule has 3 rings (SSSR count). The molecular weight excluding hydrogens is 392 g/mol. The Morgan fingerprint density at radius 1 is 1.15 bits per heavy atom. The fourth-order valence-electron chi connectivity index (χ4n) is 3.39. The van der Waals surface area contributed by atoms with Crippen LogP contribution in [0.2, 0.25) is 0 Å². The second-order valence-electron chi connectivity index (χ2n) is 6.70. The summed E-state index contributed by atoms with van der Waals surface area (Å²) in [5.41, 5.74) is 0.605. The highest BCUT2D eigenvalue weighted by Crippen LogP contribution is 2.38. The number of sulfone groups is 1. The molecule has 1 heterocycles. The topological polar surface area (TPSA) is 93.2 Å². The largest absolute Gasteiger partial charge is 0.258 e. The predicted molar refractivity (Wildman–Crippen MR) is 104 cm³/mol. The minimum Gasteiger partial charge on any atom is -0.258 e. The van der Waals surface area contributed by atoms with Crippen molar-refractivity contribution < 1.29 is 16.8 Å². The van der Waals surface area contributed by atoms with Crippen molar-refractivity contribution >= 4 is 36.3 Å². The summed E-state index contributed by atoms with van der Waals surface area (Å²) in [6.45, 7) is 0. The molecule has 1 N–H and O–H groups in total. The first kappa shape index (κ1) is 19.3. The van der Waals surface area contributed by atoms with Gasteiger partial charge in [0.1, 0.15) is 5.25 Å². The summed E-state index contributed by atoms with van der Waals surface area (Å²) in [5, 5.41) is 1.32. The lowest BCUT2D eigenvalue weighted by atomic mass is 9.98. The van der Waals surface area contributed by atoms with Crippen molar-refractivity contribution in [2.45, 2.75) is 42.2 Å². The van der Waals surface area contributed by atoms with Gasteiger partial charge in [0, 0.05) is 17.8 Å². The second-order valence-corrected chi connectivity index (χ2v) is 11.5. The van der Waals surface area contributed by atoms with E-state index in [9.17, 15) is 16.8 Å². The third kappa shape index (κ3) is 4.63. The van der Waals surface area contributed by atoms with Crippen LogP contribution in [0, 0.1) is 5.92 Å². The zero-order valence-corrected chi connectivity index (χ0v) is 16.9. The first-order valence-electron chi connectivity index (χ1n) is 8.47. The van der Waals surface area contributed by atoms with Crippen LogP contribution in [0.25, 0.3) is 0 Å². The van der Waals surface area contributed by atoms with Gasteiger partial charge in [-0.3, -0.25) is 4.72 Å². The van der Waals surface area contributed by atoms with Crippen molar-refractivity contribution in [3.63, 3.8) is 0 Å². The van der Waals surface area contributed by atoms with Gasteiger partial charge in [0.05, 0.1) is 4.90 Å². The van der Waals surface area contributed by atoms with E-state index in [1.165, 1.54) is 23.5 Å². The summed E-state index contributed by atoms with van der Waals surface area (Å²) in [6, 6.07) is 6.17. The maximum absolute atomic E-state index is 13.0. The fourth-order valence-corrected chi connectivity index (χ4v) is 6.41. The van der Waals surface area contributed by atoms with Crippen molar-refractivity contribution in [3.05, 3.63) is 41.4 Å². The van der Waals surface area contributed by atoms with Crippen LogP contribution in [0.1, 0.15) is 42.9 Å². The minimum absolute atomic E-state index is 0.186. The average Bonchev–Trinajstić information content (AvgIpc) is 3.25. The van der Waals surface area contributed by atoms with Crippen molar-refractivity contribution in [3.8, 4) is 0 Å². The molecule has 142 valence electrons. The van der Waals surface area contributed by atoms with Crippen LogP contribution < -0.4 is 4.72 Å². The van der Waals surface area contributed by atoms with Gasteiger partial charge in [-0.2, -0.15) is 0 Å². The van der Waals surface area contributed by atoms with Crippen molar-refractivity contribution in [2.75, 3.05) is 11.0 Å². The SMILES string of the molecule is CS(=O)(=O)c1ccc(C(CC2CCCC2)S(=O)(=O)Nc2nccs2)cc1. The van der Waals surface area contributed by atoms with Crippen LogP contribution in [0.4, 0.5) is 5.13 Å². The van der Waals surface area contributed by atoms with Crippen molar-refractivity contribution in [1.82, 2.24) is 4.98 Å². The highest BCUT2D eigenvalue weighted by molar-refractivity contribution is 7.93. The molecule has 0 aliphatic heterocycles. The fraction of sp³-hybridized carbons (Fsp3) is 0.471. The Bertz CT molecular complexity index is 930. The molecule has 1 unspecified atom stereocenters. The van der Waals surface area contributed by atoms with Crippen molar-refractivity contribution in [2.24, 2.45) is 5.92 Å². The van der Waals surface area contributed by atoms with Gasteiger partial charge in [-0.05, 0) is 30.0 Å². The maximum atomic E-state index is 13.0. The number of thiazole rings is 1. The molecule has 0 bridgehead atoms. The van der Waals surface area contributed by atoms with Crippen LogP contribution >= 0.6 is 11.3 Å². The number of nitrogens with one attached hydrogen (secondary N) is 1. The van der Waals surface area contributed by atoms with E-state index in [1.54, 1.807) is 23.7 Å². The molecule has 1 aromatic heterocycles. The van der Waals surface area contributed by atoms with Crippen molar-refractivity contribution in [1.29, 1.82) is 0 Å². The Hall–Kier alpha value is -1.45. The summed E-state index contributed by atoms with van der Waals surface area (Å²) in [6.07, 6.45) is 7.54. The average molecular weight is 415 g/mol. The van der Waals surface area contributed by atoms with Crippen LogP contribution in [-0.2, 0) is 19.9 Å². The summed E-state index contributed by atoms with van der Waals surface area (Å²) >= 11 is 1.23. The highest BCUT2D eigenvalue weighted by Gasteiger charge is 2.32. The molecule has 1 atom stereocenters. The lowest BCUT2D eigenvalue weighted by Gasteiger charge is -2.21. The van der Waals surface area contributed by atoms with E-state index in [2.05, 4.69) is 9.71 Å². The zero-order chi connectivity index (χ0) is 18.8. The summed E-state index contributed by atoms with van der Waals surface area (Å²) < 4.78 is 51.9. The van der Waals surface area contributed by atoms with Crippen LogP contribution in [0.5, 0.6) is 0 Å². The number of anilines is 1. The number of nitrogens with zero attached hydrogens (tertiary/aromatic N) is 1. The number of aromatic nitrogens is 1. The Morgan fingerprint density at radius 3 is 2.35 bits per heavy atom. The molecule has 26 heavy (non-hydrogen) atoms. The predicted octanol–water partition coefficient (Wildman–Crippen LogP) is 3.61. The van der Waals surface area contributed by atoms with Crippen LogP contribution in [0.15, 0.2) is 40.7 Å². The maximum Gasteiger partial charge on any atom is 0.241 e. The highest BCUT2D eigenvalue weighted by atomic mass is 32.2. The van der Waals surface area contributed by atoms with E-state index in [1.807, 2.05) is 0 Å². The lowest BCUT2D eigenvalue weighted by molar-refractivity contribution is 0.481. The summed E-state index contributed by atoms with van der Waals surface area (Å²) in [5.74, 6) is 0.363. The number of sulfonamides is 1. The number of hydrogen-bond donors (Lipinski definition) is 1. The molecule has 1 fully saturated rings. The van der Waals surface area contributed by atoms with Gasteiger partial charge in [0.25, 0.3) is 0 Å². The van der Waals surface area contributed by atoms with Crippen LogP contribution in [-0.4, -0.2) is 28.1 Å². The third-order valence-corrected chi connectivity index (χ3v) is 8.38. The Balaban J connectivity index is 1.92. The molecule has 1 saturated carbocycles. The van der Waals surface area contributed by atoms with Gasteiger partial charge in [0.15, 0.2) is 15.0 Å².